The fourth-order valence-electron chi connectivity index (χ4n) is 4.02. The lowest BCUT2D eigenvalue weighted by atomic mass is 10.0. The fraction of sp³-hybridized carbons (Fsp3) is 0.500. The van der Waals surface area contributed by atoms with E-state index in [1.807, 2.05) is 18.5 Å². The highest BCUT2D eigenvalue weighted by Gasteiger charge is 2.34. The lowest BCUT2D eigenvalue weighted by Gasteiger charge is -2.11. The van der Waals surface area contributed by atoms with Crippen molar-refractivity contribution in [3.05, 3.63) is 29.3 Å². The molecule has 1 aliphatic carbocycles. The predicted molar refractivity (Wildman–Crippen MR) is 98.9 cm³/mol. The highest BCUT2D eigenvalue weighted by atomic mass is 32.2. The summed E-state index contributed by atoms with van der Waals surface area (Å²) in [5, 5.41) is 5.81. The number of pyridine rings is 1. The predicted octanol–water partition coefficient (Wildman–Crippen LogP) is 2.68. The van der Waals surface area contributed by atoms with E-state index in [1.54, 1.807) is 6.33 Å². The van der Waals surface area contributed by atoms with E-state index in [1.165, 1.54) is 18.4 Å². The molecule has 0 radical (unpaired) electrons. The highest BCUT2D eigenvalue weighted by molar-refractivity contribution is 7.91. The van der Waals surface area contributed by atoms with Crippen LogP contribution in [0.15, 0.2) is 12.4 Å². The van der Waals surface area contributed by atoms with Gasteiger partial charge >= 0.3 is 0 Å². The second-order valence-electron chi connectivity index (χ2n) is 7.53. The van der Waals surface area contributed by atoms with Gasteiger partial charge in [0.15, 0.2) is 15.5 Å². The summed E-state index contributed by atoms with van der Waals surface area (Å²) in [7, 11) is -2.98. The quantitative estimate of drug-likeness (QED) is 0.764. The van der Waals surface area contributed by atoms with Crippen LogP contribution < -0.4 is 0 Å². The van der Waals surface area contributed by atoms with E-state index in [0.717, 1.165) is 33.8 Å². The van der Waals surface area contributed by atoms with E-state index in [9.17, 15) is 8.42 Å². The Hall–Kier alpha value is -2.22. The van der Waals surface area contributed by atoms with Crippen LogP contribution in [-0.4, -0.2) is 44.7 Å². The molecule has 7 nitrogen and oxygen atoms in total. The topological polar surface area (TPSA) is 93.5 Å². The summed E-state index contributed by atoms with van der Waals surface area (Å²) >= 11 is 0. The maximum Gasteiger partial charge on any atom is 0.159 e. The van der Waals surface area contributed by atoms with Gasteiger partial charge in [-0.1, -0.05) is 0 Å². The Morgan fingerprint density at radius 2 is 2.04 bits per heavy atom. The molecule has 5 rings (SSSR count). The smallest absolute Gasteiger partial charge is 0.159 e. The van der Waals surface area contributed by atoms with Gasteiger partial charge in [-0.05, 0) is 50.7 Å². The first-order chi connectivity index (χ1) is 12.4. The zero-order valence-corrected chi connectivity index (χ0v) is 15.7. The molecule has 4 heterocycles. The molecular formula is C18H21N5O2S. The number of sulfone groups is 1. The Labute approximate surface area is 151 Å². The van der Waals surface area contributed by atoms with Crippen molar-refractivity contribution in [3.63, 3.8) is 0 Å². The standard InChI is InChI=1S/C18H21N5O2S/c1-10-16-14(12-3-4-12)7-15(17-11(2)19-9-20-17)21-18(16)23(22-10)13-5-6-26(24,25)8-13/h7,9,12-13H,3-6,8H2,1-2H3,(H,19,20). The van der Waals surface area contributed by atoms with Gasteiger partial charge in [-0.3, -0.25) is 0 Å². The third kappa shape index (κ3) is 2.46. The number of hydrogen-bond donors (Lipinski definition) is 1. The summed E-state index contributed by atoms with van der Waals surface area (Å²) < 4.78 is 25.8. The van der Waals surface area contributed by atoms with Crippen molar-refractivity contribution < 1.29 is 8.42 Å². The molecule has 1 N–H and O–H groups in total. The van der Waals surface area contributed by atoms with Crippen LogP contribution in [0.4, 0.5) is 0 Å². The zero-order valence-electron chi connectivity index (χ0n) is 14.9. The lowest BCUT2D eigenvalue weighted by Crippen LogP contribution is -2.13. The second kappa shape index (κ2) is 5.39. The second-order valence-corrected chi connectivity index (χ2v) is 9.76. The molecule has 1 atom stereocenters. The minimum Gasteiger partial charge on any atom is -0.348 e. The van der Waals surface area contributed by atoms with Crippen LogP contribution in [-0.2, 0) is 9.84 Å². The molecule has 0 bridgehead atoms. The lowest BCUT2D eigenvalue weighted by molar-refractivity contribution is 0.509. The average Bonchev–Trinajstić information content (AvgIpc) is 3.14. The molecule has 0 aromatic carbocycles. The van der Waals surface area contributed by atoms with Crippen molar-refractivity contribution in [1.82, 2.24) is 24.7 Å². The number of hydrogen-bond acceptors (Lipinski definition) is 5. The molecule has 1 saturated carbocycles. The van der Waals surface area contributed by atoms with Gasteiger partial charge < -0.3 is 4.98 Å². The van der Waals surface area contributed by atoms with Crippen molar-refractivity contribution in [2.45, 2.75) is 45.1 Å². The van der Waals surface area contributed by atoms with Gasteiger partial charge in [0.1, 0.15) is 5.69 Å². The number of aromatic amines is 1. The molecule has 0 amide bonds. The normalized spacial score (nSPS) is 22.3. The Morgan fingerprint density at radius 3 is 2.65 bits per heavy atom. The SMILES string of the molecule is Cc1[nH]cnc1-c1cc(C2CC2)c2c(C)nn(C3CCS(=O)(=O)C3)c2n1. The first kappa shape index (κ1) is 16.0. The highest BCUT2D eigenvalue weighted by Crippen LogP contribution is 2.45. The van der Waals surface area contributed by atoms with E-state index < -0.39 is 9.84 Å². The Bertz CT molecular complexity index is 1120. The molecule has 3 aromatic heterocycles. The third-order valence-corrected chi connectivity index (χ3v) is 7.26. The van der Waals surface area contributed by atoms with Crippen molar-refractivity contribution in [1.29, 1.82) is 0 Å². The molecule has 136 valence electrons. The molecule has 0 spiro atoms. The minimum absolute atomic E-state index is 0.133. The van der Waals surface area contributed by atoms with Gasteiger partial charge in [0.25, 0.3) is 0 Å². The summed E-state index contributed by atoms with van der Waals surface area (Å²) in [6.07, 6.45) is 4.64. The van der Waals surface area contributed by atoms with Crippen LogP contribution in [0.25, 0.3) is 22.4 Å². The Morgan fingerprint density at radius 1 is 1.23 bits per heavy atom. The van der Waals surface area contributed by atoms with Gasteiger partial charge in [-0.15, -0.1) is 0 Å². The van der Waals surface area contributed by atoms with Crippen LogP contribution >= 0.6 is 0 Å². The summed E-state index contributed by atoms with van der Waals surface area (Å²) in [5.41, 5.74) is 5.66. The maximum absolute atomic E-state index is 12.0. The average molecular weight is 371 g/mol. The number of nitrogens with zero attached hydrogens (tertiary/aromatic N) is 4. The number of aromatic nitrogens is 5. The largest absolute Gasteiger partial charge is 0.348 e. The van der Waals surface area contributed by atoms with E-state index in [-0.39, 0.29) is 17.5 Å². The van der Waals surface area contributed by atoms with Gasteiger partial charge in [0, 0.05) is 11.1 Å². The zero-order chi connectivity index (χ0) is 18.1. The number of H-pyrrole nitrogens is 1. The van der Waals surface area contributed by atoms with Crippen molar-refractivity contribution in [2.24, 2.45) is 0 Å². The van der Waals surface area contributed by atoms with Crippen LogP contribution in [0.5, 0.6) is 0 Å². The van der Waals surface area contributed by atoms with Crippen LogP contribution in [0.3, 0.4) is 0 Å². The molecule has 1 saturated heterocycles. The Balaban J connectivity index is 1.75. The summed E-state index contributed by atoms with van der Waals surface area (Å²) in [6, 6.07) is 2.01. The molecule has 26 heavy (non-hydrogen) atoms. The number of fused-ring (bicyclic) bond motifs is 1. The molecule has 1 aliphatic heterocycles. The number of rotatable bonds is 3. The van der Waals surface area contributed by atoms with Gasteiger partial charge in [-0.2, -0.15) is 5.10 Å². The molecule has 2 aliphatic rings. The van der Waals surface area contributed by atoms with E-state index in [2.05, 4.69) is 16.0 Å². The first-order valence-electron chi connectivity index (χ1n) is 9.03. The van der Waals surface area contributed by atoms with Gasteiger partial charge in [0.2, 0.25) is 0 Å². The molecular weight excluding hydrogens is 350 g/mol. The van der Waals surface area contributed by atoms with Crippen LogP contribution in [0.2, 0.25) is 0 Å². The first-order valence-corrected chi connectivity index (χ1v) is 10.9. The van der Waals surface area contributed by atoms with E-state index in [4.69, 9.17) is 10.1 Å². The summed E-state index contributed by atoms with van der Waals surface area (Å²) in [6.45, 7) is 3.98. The molecule has 3 aromatic rings. The summed E-state index contributed by atoms with van der Waals surface area (Å²) in [5.74, 6) is 0.920. The maximum atomic E-state index is 12.0. The molecule has 8 heteroatoms. The van der Waals surface area contributed by atoms with Crippen molar-refractivity contribution in [3.8, 4) is 11.4 Å². The number of aryl methyl sites for hydroxylation is 2. The van der Waals surface area contributed by atoms with Crippen molar-refractivity contribution >= 4 is 20.9 Å². The van der Waals surface area contributed by atoms with E-state index in [0.29, 0.717) is 12.3 Å². The fourth-order valence-corrected chi connectivity index (χ4v) is 5.72. The minimum atomic E-state index is -2.98. The molecule has 2 fully saturated rings. The Kier molecular flexibility index (Phi) is 3.31. The van der Waals surface area contributed by atoms with Gasteiger partial charge in [0.05, 0.1) is 35.3 Å². The number of nitrogens with one attached hydrogen (secondary N) is 1. The van der Waals surface area contributed by atoms with Crippen LogP contribution in [0, 0.1) is 13.8 Å². The molecule has 1 unspecified atom stereocenters. The van der Waals surface area contributed by atoms with Gasteiger partial charge in [-0.25, -0.2) is 23.1 Å². The van der Waals surface area contributed by atoms with Crippen molar-refractivity contribution in [2.75, 3.05) is 11.5 Å². The monoisotopic (exact) mass is 371 g/mol. The third-order valence-electron chi connectivity index (χ3n) is 5.51. The van der Waals surface area contributed by atoms with E-state index >= 15 is 0 Å². The number of imidazole rings is 1. The summed E-state index contributed by atoms with van der Waals surface area (Å²) in [4.78, 5) is 12.4. The van der Waals surface area contributed by atoms with Crippen LogP contribution in [0.1, 0.15) is 48.2 Å².